The van der Waals surface area contributed by atoms with E-state index in [1.165, 1.54) is 25.7 Å². The van der Waals surface area contributed by atoms with E-state index < -0.39 is 0 Å². The first-order valence-corrected chi connectivity index (χ1v) is 8.54. The minimum atomic E-state index is 0.0401. The molecule has 1 saturated heterocycles. The van der Waals surface area contributed by atoms with Crippen molar-refractivity contribution < 1.29 is 9.21 Å². The molecule has 1 aliphatic heterocycles. The Morgan fingerprint density at radius 2 is 2.14 bits per heavy atom. The summed E-state index contributed by atoms with van der Waals surface area (Å²) in [7, 11) is 1.90. The van der Waals surface area contributed by atoms with E-state index in [0.717, 1.165) is 31.7 Å². The lowest BCUT2D eigenvalue weighted by atomic mass is 9.92. The van der Waals surface area contributed by atoms with E-state index in [4.69, 9.17) is 4.42 Å². The van der Waals surface area contributed by atoms with E-state index in [1.807, 2.05) is 24.1 Å². The van der Waals surface area contributed by atoms with Crippen LogP contribution in [-0.4, -0.2) is 48.6 Å². The first-order chi connectivity index (χ1) is 10.8. The smallest absolute Gasteiger partial charge is 0.317 e. The van der Waals surface area contributed by atoms with Crippen LogP contribution in [0, 0.1) is 0 Å². The molecule has 0 unspecified atom stereocenters. The van der Waals surface area contributed by atoms with E-state index in [-0.39, 0.29) is 12.1 Å². The molecule has 1 saturated carbocycles. The van der Waals surface area contributed by atoms with Crippen molar-refractivity contribution in [3.05, 3.63) is 24.2 Å². The lowest BCUT2D eigenvalue weighted by molar-refractivity contribution is 0.132. The van der Waals surface area contributed by atoms with Gasteiger partial charge in [-0.2, -0.15) is 0 Å². The number of likely N-dealkylation sites (tertiary alicyclic amines) is 1. The van der Waals surface area contributed by atoms with Crippen molar-refractivity contribution in [3.8, 4) is 0 Å². The molecule has 2 fully saturated rings. The molecule has 0 spiro atoms. The zero-order chi connectivity index (χ0) is 15.4. The van der Waals surface area contributed by atoms with Crippen LogP contribution >= 0.6 is 0 Å². The number of hydrogen-bond acceptors (Lipinski definition) is 3. The molecule has 0 aromatic carbocycles. The summed E-state index contributed by atoms with van der Waals surface area (Å²) in [6.07, 6.45) is 8.99. The van der Waals surface area contributed by atoms with E-state index >= 15 is 0 Å². The van der Waals surface area contributed by atoms with Crippen LogP contribution in [0.3, 0.4) is 0 Å². The molecule has 122 valence electrons. The maximum Gasteiger partial charge on any atom is 0.317 e. The Morgan fingerprint density at radius 3 is 2.73 bits per heavy atom. The largest absolute Gasteiger partial charge is 0.468 e. The fourth-order valence-electron chi connectivity index (χ4n) is 3.37. The number of carbonyl (C=O) groups is 1. The molecule has 3 rings (SSSR count). The van der Waals surface area contributed by atoms with Crippen LogP contribution in [0.2, 0.25) is 0 Å². The summed E-state index contributed by atoms with van der Waals surface area (Å²) >= 11 is 0. The highest BCUT2D eigenvalue weighted by atomic mass is 16.3. The lowest BCUT2D eigenvalue weighted by Gasteiger charge is -2.36. The van der Waals surface area contributed by atoms with Crippen molar-refractivity contribution in [2.75, 3.05) is 26.7 Å². The van der Waals surface area contributed by atoms with Crippen LogP contribution in [-0.2, 0) is 0 Å². The average Bonchev–Trinajstić information content (AvgIpc) is 3.00. The molecule has 2 aliphatic rings. The molecular weight excluding hydrogens is 278 g/mol. The van der Waals surface area contributed by atoms with Gasteiger partial charge in [-0.1, -0.05) is 6.42 Å². The number of hydrogen-bond donors (Lipinski definition) is 1. The second-order valence-corrected chi connectivity index (χ2v) is 6.51. The Labute approximate surface area is 132 Å². The van der Waals surface area contributed by atoms with E-state index in [9.17, 15) is 4.79 Å². The number of nitrogens with one attached hydrogen (secondary N) is 1. The van der Waals surface area contributed by atoms with Crippen LogP contribution in [0.25, 0.3) is 0 Å². The van der Waals surface area contributed by atoms with Gasteiger partial charge < -0.3 is 14.6 Å². The topological polar surface area (TPSA) is 48.7 Å². The van der Waals surface area contributed by atoms with Crippen LogP contribution in [0.1, 0.15) is 50.3 Å². The fraction of sp³-hybridized carbons (Fsp3) is 0.706. The third-order valence-corrected chi connectivity index (χ3v) is 5.09. The van der Waals surface area contributed by atoms with Gasteiger partial charge in [-0.3, -0.25) is 4.90 Å². The van der Waals surface area contributed by atoms with Crippen LogP contribution < -0.4 is 5.32 Å². The molecule has 0 bridgehead atoms. The summed E-state index contributed by atoms with van der Waals surface area (Å²) in [6, 6.07) is 4.56. The zero-order valence-corrected chi connectivity index (χ0v) is 13.5. The number of carbonyl (C=O) groups excluding carboxylic acids is 1. The van der Waals surface area contributed by atoms with Crippen molar-refractivity contribution in [2.24, 2.45) is 0 Å². The van der Waals surface area contributed by atoms with Gasteiger partial charge in [-0.05, 0) is 57.3 Å². The monoisotopic (exact) mass is 305 g/mol. The Morgan fingerprint density at radius 1 is 1.36 bits per heavy atom. The lowest BCUT2D eigenvalue weighted by Crippen LogP contribution is -2.49. The van der Waals surface area contributed by atoms with E-state index in [0.29, 0.717) is 12.6 Å². The van der Waals surface area contributed by atoms with Crippen molar-refractivity contribution in [1.29, 1.82) is 0 Å². The van der Waals surface area contributed by atoms with Crippen molar-refractivity contribution in [2.45, 2.75) is 50.6 Å². The van der Waals surface area contributed by atoms with Crippen molar-refractivity contribution in [3.63, 3.8) is 0 Å². The van der Waals surface area contributed by atoms with Gasteiger partial charge >= 0.3 is 6.03 Å². The summed E-state index contributed by atoms with van der Waals surface area (Å²) in [5.41, 5.74) is 0. The first-order valence-electron chi connectivity index (χ1n) is 8.54. The third-order valence-electron chi connectivity index (χ3n) is 5.09. The highest BCUT2D eigenvalue weighted by Gasteiger charge is 2.28. The van der Waals surface area contributed by atoms with Gasteiger partial charge in [0.25, 0.3) is 0 Å². The van der Waals surface area contributed by atoms with Gasteiger partial charge in [0.05, 0.1) is 12.3 Å². The average molecular weight is 305 g/mol. The van der Waals surface area contributed by atoms with Crippen LogP contribution in [0.15, 0.2) is 22.8 Å². The van der Waals surface area contributed by atoms with E-state index in [2.05, 4.69) is 10.2 Å². The molecule has 1 N–H and O–H groups in total. The Balaban J connectivity index is 1.58. The summed E-state index contributed by atoms with van der Waals surface area (Å²) in [4.78, 5) is 16.6. The van der Waals surface area contributed by atoms with Gasteiger partial charge in [0, 0.05) is 19.6 Å². The Hall–Kier alpha value is -1.49. The quantitative estimate of drug-likeness (QED) is 0.910. The summed E-state index contributed by atoms with van der Waals surface area (Å²) in [6.45, 7) is 2.78. The molecule has 5 heteroatoms. The highest BCUT2D eigenvalue weighted by Crippen LogP contribution is 2.26. The Bertz CT molecular complexity index is 464. The predicted octanol–water partition coefficient (Wildman–Crippen LogP) is 3.00. The Kier molecular flexibility index (Phi) is 5.03. The molecule has 2 amide bonds. The molecule has 0 radical (unpaired) electrons. The van der Waals surface area contributed by atoms with Gasteiger partial charge in [0.15, 0.2) is 0 Å². The van der Waals surface area contributed by atoms with Crippen molar-refractivity contribution >= 4 is 6.03 Å². The van der Waals surface area contributed by atoms with Gasteiger partial charge in [0.2, 0.25) is 0 Å². The number of rotatable bonds is 5. The van der Waals surface area contributed by atoms with Crippen LogP contribution in [0.4, 0.5) is 4.79 Å². The first kappa shape index (κ1) is 15.4. The normalized spacial score (nSPS) is 21.1. The minimum Gasteiger partial charge on any atom is -0.468 e. The molecule has 5 nitrogen and oxygen atoms in total. The summed E-state index contributed by atoms with van der Waals surface area (Å²) in [5, 5.41) is 3.10. The summed E-state index contributed by atoms with van der Waals surface area (Å²) in [5.74, 6) is 0.952. The molecule has 1 atom stereocenters. The second kappa shape index (κ2) is 7.18. The molecule has 1 aliphatic carbocycles. The van der Waals surface area contributed by atoms with Gasteiger partial charge in [0.1, 0.15) is 5.76 Å². The van der Waals surface area contributed by atoms with Gasteiger partial charge in [-0.25, -0.2) is 4.79 Å². The number of furan rings is 1. The van der Waals surface area contributed by atoms with Crippen molar-refractivity contribution in [1.82, 2.24) is 15.1 Å². The standard InChI is InChI=1S/C17H27N3O2/c1-19(14-7-5-8-14)17(21)18-13-15(16-9-6-12-22-16)20-10-3-2-4-11-20/h6,9,12,14-15H,2-5,7-8,10-11,13H2,1H3,(H,18,21)/t15-/m0/s1. The van der Waals surface area contributed by atoms with E-state index in [1.54, 1.807) is 6.26 Å². The zero-order valence-electron chi connectivity index (χ0n) is 13.5. The fourth-order valence-corrected chi connectivity index (χ4v) is 3.37. The number of urea groups is 1. The van der Waals surface area contributed by atoms with Gasteiger partial charge in [-0.15, -0.1) is 0 Å². The molecule has 1 aromatic rings. The number of amides is 2. The highest BCUT2D eigenvalue weighted by molar-refractivity contribution is 5.74. The second-order valence-electron chi connectivity index (χ2n) is 6.51. The minimum absolute atomic E-state index is 0.0401. The molecule has 2 heterocycles. The number of piperidine rings is 1. The van der Waals surface area contributed by atoms with Crippen LogP contribution in [0.5, 0.6) is 0 Å². The maximum absolute atomic E-state index is 12.3. The summed E-state index contributed by atoms with van der Waals surface area (Å²) < 4.78 is 5.61. The number of nitrogens with zero attached hydrogens (tertiary/aromatic N) is 2. The third kappa shape index (κ3) is 3.46. The molecule has 1 aromatic heterocycles. The molecular formula is C17H27N3O2. The predicted molar refractivity (Wildman–Crippen MR) is 85.7 cm³/mol. The SMILES string of the molecule is CN(C(=O)NC[C@@H](c1ccco1)N1CCCCC1)C1CCC1. The maximum atomic E-state index is 12.3. The molecule has 22 heavy (non-hydrogen) atoms.